The number of rotatable bonds is 7. The van der Waals surface area contributed by atoms with Crippen LogP contribution >= 0.6 is 0 Å². The average molecular weight is 761 g/mol. The first-order valence-corrected chi connectivity index (χ1v) is 20.1. The van der Waals surface area contributed by atoms with E-state index >= 15 is 0 Å². The quantitative estimate of drug-likeness (QED) is 0.303. The van der Waals surface area contributed by atoms with Crippen LogP contribution in [0.4, 0.5) is 14.0 Å². The van der Waals surface area contributed by atoms with Crippen molar-refractivity contribution in [2.75, 3.05) is 6.54 Å². The predicted molar refractivity (Wildman–Crippen MR) is 188 cm³/mol. The number of hydrogen-bond donors (Lipinski definition) is 4. The lowest BCUT2D eigenvalue weighted by molar-refractivity contribution is -0.141. The number of allylic oxidation sites excluding steroid dienone is 1. The molecule has 5 atom stereocenters. The summed E-state index contributed by atoms with van der Waals surface area (Å²) in [6.07, 6.45) is 7.34. The molecular weight excluding hydrogens is 711 g/mol. The molecule has 3 aliphatic heterocycles. The molecule has 0 aromatic heterocycles. The van der Waals surface area contributed by atoms with Crippen LogP contribution < -0.4 is 20.1 Å². The smallest absolute Gasteiger partial charge is 0.410 e. The molecule has 2 aliphatic carbocycles. The number of benzene rings is 1. The highest BCUT2D eigenvalue weighted by Crippen LogP contribution is 2.45. The molecule has 0 bridgehead atoms. The molecule has 3 heterocycles. The minimum absolute atomic E-state index is 0.00364. The summed E-state index contributed by atoms with van der Waals surface area (Å²) >= 11 is 0. The standard InChI is InChI=1S/C36H49FN6O9S/c1-22(2)40-53(49,50)41-33(46)36-18-24(36)12-6-4-3-5-7-16-29(38-34(47)51-25-13-8-9-14-25)32(45)43-20-26(17-30(43)31(44)39-36)52-35(48)42-19-23-11-10-15-28(37)27(23)21-42/h6,10-12,15,22,24-26,29-30,40H,3-5,7-9,13-14,16-21H2,1-2H3,(H,38,47)(H,39,44)(H,41,46)/t24-,26-,29+,30+,36-/m1/s1. The van der Waals surface area contributed by atoms with Crippen LogP contribution in [0.25, 0.3) is 0 Å². The Morgan fingerprint density at radius 2 is 1.75 bits per heavy atom. The highest BCUT2D eigenvalue weighted by atomic mass is 32.2. The summed E-state index contributed by atoms with van der Waals surface area (Å²) < 4.78 is 55.6. The first-order chi connectivity index (χ1) is 25.2. The summed E-state index contributed by atoms with van der Waals surface area (Å²) in [5, 5.41) is 5.49. The Morgan fingerprint density at radius 3 is 2.49 bits per heavy atom. The van der Waals surface area contributed by atoms with Gasteiger partial charge in [0, 0.05) is 30.5 Å². The van der Waals surface area contributed by atoms with E-state index in [0.717, 1.165) is 38.5 Å². The monoisotopic (exact) mass is 760 g/mol. The van der Waals surface area contributed by atoms with Crippen molar-refractivity contribution in [2.24, 2.45) is 5.92 Å². The van der Waals surface area contributed by atoms with Crippen LogP contribution in [0.5, 0.6) is 0 Å². The molecule has 2 saturated carbocycles. The molecule has 1 aromatic carbocycles. The third-order valence-electron chi connectivity index (χ3n) is 10.6. The summed E-state index contributed by atoms with van der Waals surface area (Å²) in [4.78, 5) is 71.2. The van der Waals surface area contributed by atoms with E-state index in [4.69, 9.17) is 9.47 Å². The zero-order chi connectivity index (χ0) is 37.9. The number of carbonyl (C=O) groups excluding carboxylic acids is 5. The van der Waals surface area contributed by atoms with Crippen molar-refractivity contribution in [1.82, 2.24) is 29.9 Å². The summed E-state index contributed by atoms with van der Waals surface area (Å²) in [5.74, 6) is -3.19. The van der Waals surface area contributed by atoms with Gasteiger partial charge in [0.15, 0.2) is 0 Å². The number of alkyl carbamates (subject to hydrolysis) is 1. The average Bonchev–Trinajstić information content (AvgIpc) is 3.51. The third-order valence-corrected chi connectivity index (χ3v) is 11.8. The van der Waals surface area contributed by atoms with Crippen LogP contribution in [0.2, 0.25) is 0 Å². The maximum absolute atomic E-state index is 14.4. The number of nitrogens with zero attached hydrogens (tertiary/aromatic N) is 2. The zero-order valence-corrected chi connectivity index (χ0v) is 30.9. The van der Waals surface area contributed by atoms with E-state index in [9.17, 15) is 36.8 Å². The van der Waals surface area contributed by atoms with E-state index in [1.165, 1.54) is 15.9 Å². The summed E-state index contributed by atoms with van der Waals surface area (Å²) in [6, 6.07) is 1.81. The molecule has 0 spiro atoms. The largest absolute Gasteiger partial charge is 0.446 e. The van der Waals surface area contributed by atoms with Crippen molar-refractivity contribution in [1.29, 1.82) is 0 Å². The third kappa shape index (κ3) is 9.11. The Balaban J connectivity index is 1.24. The van der Waals surface area contributed by atoms with Crippen LogP contribution in [0.3, 0.4) is 0 Å². The molecule has 1 saturated heterocycles. The summed E-state index contributed by atoms with van der Waals surface area (Å²) in [7, 11) is -4.26. The van der Waals surface area contributed by atoms with Gasteiger partial charge in [0.1, 0.15) is 35.6 Å². The van der Waals surface area contributed by atoms with Gasteiger partial charge >= 0.3 is 22.4 Å². The van der Waals surface area contributed by atoms with Crippen LogP contribution in [0, 0.1) is 11.7 Å². The zero-order valence-electron chi connectivity index (χ0n) is 30.1. The fourth-order valence-electron chi connectivity index (χ4n) is 7.78. The molecule has 290 valence electrons. The molecule has 4 N–H and O–H groups in total. The SMILES string of the molecule is CC(C)NS(=O)(=O)NC(=O)[C@@]12C[C@H]1C=CCCCCC[C@H](NC(=O)OC1CCCC1)C(=O)N1C[C@H](OC(=O)N3Cc4cccc(F)c4C3)C[C@H]1C(=O)N2. The Morgan fingerprint density at radius 1 is 1.00 bits per heavy atom. The second kappa shape index (κ2) is 16.0. The molecular formula is C36H49FN6O9S. The topological polar surface area (TPSA) is 193 Å². The van der Waals surface area contributed by atoms with Gasteiger partial charge < -0.3 is 25.0 Å². The van der Waals surface area contributed by atoms with E-state index in [1.807, 2.05) is 10.8 Å². The Hall–Kier alpha value is -4.25. The van der Waals surface area contributed by atoms with Gasteiger partial charge in [-0.25, -0.2) is 18.7 Å². The second-order valence-corrected chi connectivity index (χ2v) is 16.5. The van der Waals surface area contributed by atoms with Gasteiger partial charge in [-0.2, -0.15) is 13.1 Å². The Bertz CT molecular complexity index is 1730. The minimum atomic E-state index is -4.26. The Kier molecular flexibility index (Phi) is 11.6. The molecule has 6 rings (SSSR count). The van der Waals surface area contributed by atoms with E-state index in [2.05, 4.69) is 15.4 Å². The first-order valence-electron chi connectivity index (χ1n) is 18.6. The van der Waals surface area contributed by atoms with Gasteiger partial charge in [0.2, 0.25) is 11.8 Å². The fourth-order valence-corrected chi connectivity index (χ4v) is 8.88. The maximum atomic E-state index is 14.4. The molecule has 5 aliphatic rings. The van der Waals surface area contributed by atoms with Gasteiger partial charge in [-0.15, -0.1) is 0 Å². The van der Waals surface area contributed by atoms with Crippen molar-refractivity contribution in [3.8, 4) is 0 Å². The van der Waals surface area contributed by atoms with Gasteiger partial charge in [0.25, 0.3) is 5.91 Å². The molecule has 1 aromatic rings. The van der Waals surface area contributed by atoms with Crippen molar-refractivity contribution in [2.45, 2.75) is 133 Å². The molecule has 53 heavy (non-hydrogen) atoms. The minimum Gasteiger partial charge on any atom is -0.446 e. The van der Waals surface area contributed by atoms with Gasteiger partial charge in [-0.3, -0.25) is 19.3 Å². The highest BCUT2D eigenvalue weighted by Gasteiger charge is 2.61. The van der Waals surface area contributed by atoms with Crippen LogP contribution in [0.15, 0.2) is 30.4 Å². The van der Waals surface area contributed by atoms with E-state index < -0.39 is 81.6 Å². The second-order valence-electron chi connectivity index (χ2n) is 15.0. The molecule has 17 heteroatoms. The first kappa shape index (κ1) is 38.5. The lowest BCUT2D eigenvalue weighted by Gasteiger charge is -2.30. The van der Waals surface area contributed by atoms with E-state index in [-0.39, 0.29) is 45.0 Å². The molecule has 3 fully saturated rings. The molecule has 15 nitrogen and oxygen atoms in total. The molecule has 0 unspecified atom stereocenters. The van der Waals surface area contributed by atoms with Crippen molar-refractivity contribution < 1.29 is 46.3 Å². The lowest BCUT2D eigenvalue weighted by Crippen LogP contribution is -2.59. The van der Waals surface area contributed by atoms with Crippen LogP contribution in [0.1, 0.15) is 95.6 Å². The molecule has 0 radical (unpaired) electrons. The number of nitrogens with one attached hydrogen (secondary N) is 4. The summed E-state index contributed by atoms with van der Waals surface area (Å²) in [6.45, 7) is 3.13. The number of amides is 5. The maximum Gasteiger partial charge on any atom is 0.410 e. The number of carbonyl (C=O) groups is 5. The van der Waals surface area contributed by atoms with Gasteiger partial charge in [-0.1, -0.05) is 37.1 Å². The normalized spacial score (nSPS) is 27.9. The molecule has 5 amide bonds. The number of fused-ring (bicyclic) bond motifs is 3. The number of hydrogen-bond acceptors (Lipinski definition) is 9. The van der Waals surface area contributed by atoms with Gasteiger partial charge in [-0.05, 0) is 76.8 Å². The highest BCUT2D eigenvalue weighted by molar-refractivity contribution is 7.88. The summed E-state index contributed by atoms with van der Waals surface area (Å²) in [5.41, 5.74) is -0.577. The van der Waals surface area contributed by atoms with Crippen molar-refractivity contribution >= 4 is 40.1 Å². The lowest BCUT2D eigenvalue weighted by atomic mass is 10.0. The van der Waals surface area contributed by atoms with Gasteiger partial charge in [0.05, 0.1) is 13.1 Å². The fraction of sp³-hybridized carbons (Fsp3) is 0.639. The van der Waals surface area contributed by atoms with Crippen molar-refractivity contribution in [3.05, 3.63) is 47.3 Å². The van der Waals surface area contributed by atoms with E-state index in [1.54, 1.807) is 32.1 Å². The number of halogens is 1. The van der Waals surface area contributed by atoms with E-state index in [0.29, 0.717) is 24.0 Å². The van der Waals surface area contributed by atoms with Crippen LogP contribution in [-0.2, 0) is 47.2 Å². The number of ether oxygens (including phenoxy) is 2. The Labute approximate surface area is 308 Å². The predicted octanol–water partition coefficient (Wildman–Crippen LogP) is 3.04. The van der Waals surface area contributed by atoms with Crippen LogP contribution in [-0.4, -0.2) is 90.5 Å². The van der Waals surface area contributed by atoms with Crippen molar-refractivity contribution in [3.63, 3.8) is 0 Å².